The minimum atomic E-state index is -0.0964. The maximum atomic E-state index is 10.3. The molecule has 1 N–H and O–H groups in total. The van der Waals surface area contributed by atoms with E-state index in [9.17, 15) is 5.11 Å². The average Bonchev–Trinajstić information content (AvgIpc) is 2.78. The van der Waals surface area contributed by atoms with Crippen LogP contribution in [0.2, 0.25) is 0 Å². The molecule has 2 fully saturated rings. The standard InChI is InChI=1S/C15H30N2O/c1-11(2)12-5-6-15(18)14(9-12)17-8-7-13(10-17)16(3)4/h11-15,18H,5-10H2,1-4H3. The van der Waals surface area contributed by atoms with Gasteiger partial charge in [-0.2, -0.15) is 0 Å². The van der Waals surface area contributed by atoms with Crippen LogP contribution in [0, 0.1) is 11.8 Å². The highest BCUT2D eigenvalue weighted by atomic mass is 16.3. The summed E-state index contributed by atoms with van der Waals surface area (Å²) in [7, 11) is 4.34. The summed E-state index contributed by atoms with van der Waals surface area (Å²) < 4.78 is 0. The summed E-state index contributed by atoms with van der Waals surface area (Å²) in [5.41, 5.74) is 0. The molecule has 0 spiro atoms. The SMILES string of the molecule is CC(C)C1CCC(O)C(N2CCC(N(C)C)C2)C1. The number of aliphatic hydroxyl groups is 1. The topological polar surface area (TPSA) is 26.7 Å². The molecule has 1 aliphatic carbocycles. The Morgan fingerprint density at radius 2 is 1.89 bits per heavy atom. The average molecular weight is 254 g/mol. The Balaban J connectivity index is 1.94. The molecule has 106 valence electrons. The zero-order valence-electron chi connectivity index (χ0n) is 12.5. The molecule has 1 aliphatic heterocycles. The van der Waals surface area contributed by atoms with Gasteiger partial charge < -0.3 is 10.0 Å². The first-order valence-corrected chi connectivity index (χ1v) is 7.57. The summed E-state index contributed by atoms with van der Waals surface area (Å²) in [5, 5.41) is 10.3. The summed E-state index contributed by atoms with van der Waals surface area (Å²) in [4.78, 5) is 4.87. The largest absolute Gasteiger partial charge is 0.391 e. The Bertz CT molecular complexity index is 267. The third-order valence-electron chi connectivity index (χ3n) is 5.16. The van der Waals surface area contributed by atoms with Gasteiger partial charge >= 0.3 is 0 Å². The van der Waals surface area contributed by atoms with Crippen molar-refractivity contribution in [3.8, 4) is 0 Å². The number of hydrogen-bond acceptors (Lipinski definition) is 3. The van der Waals surface area contributed by atoms with E-state index in [1.54, 1.807) is 0 Å². The fourth-order valence-electron chi connectivity index (χ4n) is 3.65. The number of rotatable bonds is 3. The minimum absolute atomic E-state index is 0.0964. The van der Waals surface area contributed by atoms with Crippen molar-refractivity contribution in [2.75, 3.05) is 27.2 Å². The van der Waals surface area contributed by atoms with E-state index in [2.05, 4.69) is 37.7 Å². The molecule has 0 radical (unpaired) electrons. The van der Waals surface area contributed by atoms with Crippen LogP contribution in [0.1, 0.15) is 39.5 Å². The molecule has 3 nitrogen and oxygen atoms in total. The fourth-order valence-corrected chi connectivity index (χ4v) is 3.65. The second kappa shape index (κ2) is 5.89. The van der Waals surface area contributed by atoms with Gasteiger partial charge in [-0.05, 0) is 51.6 Å². The van der Waals surface area contributed by atoms with E-state index in [1.165, 1.54) is 19.3 Å². The Hall–Kier alpha value is -0.120. The highest BCUT2D eigenvalue weighted by Gasteiger charge is 2.37. The molecule has 3 heteroatoms. The lowest BCUT2D eigenvalue weighted by atomic mass is 9.77. The minimum Gasteiger partial charge on any atom is -0.391 e. The van der Waals surface area contributed by atoms with Gasteiger partial charge in [0.1, 0.15) is 0 Å². The normalized spacial score (nSPS) is 38.8. The van der Waals surface area contributed by atoms with Crippen LogP contribution in [0.5, 0.6) is 0 Å². The molecule has 2 rings (SSSR count). The first kappa shape index (κ1) is 14.3. The van der Waals surface area contributed by atoms with Crippen molar-refractivity contribution in [1.29, 1.82) is 0 Å². The number of likely N-dealkylation sites (N-methyl/N-ethyl adjacent to an activating group) is 1. The summed E-state index contributed by atoms with van der Waals surface area (Å²) in [5.74, 6) is 1.56. The van der Waals surface area contributed by atoms with Crippen LogP contribution < -0.4 is 0 Å². The molecule has 0 bridgehead atoms. The molecule has 4 unspecified atom stereocenters. The van der Waals surface area contributed by atoms with Crippen LogP contribution in [0.25, 0.3) is 0 Å². The van der Waals surface area contributed by atoms with Crippen molar-refractivity contribution in [3.63, 3.8) is 0 Å². The lowest BCUT2D eigenvalue weighted by Crippen LogP contribution is -2.48. The van der Waals surface area contributed by atoms with Gasteiger partial charge in [0.2, 0.25) is 0 Å². The molecule has 2 aliphatic rings. The third kappa shape index (κ3) is 3.06. The molecule has 0 aromatic carbocycles. The lowest BCUT2D eigenvalue weighted by molar-refractivity contribution is 0.00309. The lowest BCUT2D eigenvalue weighted by Gasteiger charge is -2.40. The highest BCUT2D eigenvalue weighted by molar-refractivity contribution is 4.92. The van der Waals surface area contributed by atoms with Gasteiger partial charge in [-0.1, -0.05) is 13.8 Å². The zero-order valence-corrected chi connectivity index (χ0v) is 12.5. The van der Waals surface area contributed by atoms with Crippen molar-refractivity contribution in [1.82, 2.24) is 9.80 Å². The number of nitrogens with zero attached hydrogens (tertiary/aromatic N) is 2. The zero-order chi connectivity index (χ0) is 13.3. The molecular formula is C15H30N2O. The van der Waals surface area contributed by atoms with Gasteiger partial charge in [-0.25, -0.2) is 0 Å². The van der Waals surface area contributed by atoms with E-state index >= 15 is 0 Å². The van der Waals surface area contributed by atoms with Crippen molar-refractivity contribution < 1.29 is 5.11 Å². The van der Waals surface area contributed by atoms with Crippen LogP contribution >= 0.6 is 0 Å². The monoisotopic (exact) mass is 254 g/mol. The molecule has 4 atom stereocenters. The summed E-state index contributed by atoms with van der Waals surface area (Å²) in [6.45, 7) is 6.95. The maximum Gasteiger partial charge on any atom is 0.0695 e. The Morgan fingerprint density at radius 3 is 2.44 bits per heavy atom. The number of aliphatic hydroxyl groups excluding tert-OH is 1. The maximum absolute atomic E-state index is 10.3. The van der Waals surface area contributed by atoms with E-state index in [0.717, 1.165) is 31.3 Å². The molecule has 0 amide bonds. The van der Waals surface area contributed by atoms with Crippen LogP contribution in [0.4, 0.5) is 0 Å². The molecule has 18 heavy (non-hydrogen) atoms. The van der Waals surface area contributed by atoms with E-state index < -0.39 is 0 Å². The second-order valence-corrected chi connectivity index (χ2v) is 6.85. The molecule has 1 saturated heterocycles. The van der Waals surface area contributed by atoms with E-state index in [4.69, 9.17) is 0 Å². The van der Waals surface area contributed by atoms with Gasteiger partial charge in [0.05, 0.1) is 6.10 Å². The van der Waals surface area contributed by atoms with Crippen LogP contribution in [-0.4, -0.2) is 60.3 Å². The second-order valence-electron chi connectivity index (χ2n) is 6.85. The van der Waals surface area contributed by atoms with Crippen LogP contribution in [0.15, 0.2) is 0 Å². The van der Waals surface area contributed by atoms with Gasteiger partial charge in [-0.3, -0.25) is 4.90 Å². The summed E-state index contributed by atoms with van der Waals surface area (Å²) in [6, 6.07) is 1.09. The van der Waals surface area contributed by atoms with Gasteiger partial charge in [0.15, 0.2) is 0 Å². The molecular weight excluding hydrogens is 224 g/mol. The van der Waals surface area contributed by atoms with Gasteiger partial charge in [-0.15, -0.1) is 0 Å². The first-order valence-electron chi connectivity index (χ1n) is 7.57. The molecule has 0 aromatic heterocycles. The summed E-state index contributed by atoms with van der Waals surface area (Å²) >= 11 is 0. The fraction of sp³-hybridized carbons (Fsp3) is 1.00. The Labute approximate surface area is 112 Å². The number of likely N-dealkylation sites (tertiary alicyclic amines) is 1. The predicted octanol–water partition coefficient (Wildman–Crippen LogP) is 1.81. The Kier molecular flexibility index (Phi) is 4.68. The van der Waals surface area contributed by atoms with E-state index in [0.29, 0.717) is 12.1 Å². The predicted molar refractivity (Wildman–Crippen MR) is 75.6 cm³/mol. The van der Waals surface area contributed by atoms with Gasteiger partial charge in [0, 0.05) is 25.2 Å². The molecule has 0 aromatic rings. The van der Waals surface area contributed by atoms with Crippen molar-refractivity contribution in [2.24, 2.45) is 11.8 Å². The third-order valence-corrected chi connectivity index (χ3v) is 5.16. The Morgan fingerprint density at radius 1 is 1.17 bits per heavy atom. The van der Waals surface area contributed by atoms with E-state index in [-0.39, 0.29) is 6.10 Å². The molecule has 1 heterocycles. The van der Waals surface area contributed by atoms with Crippen molar-refractivity contribution >= 4 is 0 Å². The van der Waals surface area contributed by atoms with Gasteiger partial charge in [0.25, 0.3) is 0 Å². The highest BCUT2D eigenvalue weighted by Crippen LogP contribution is 2.34. The van der Waals surface area contributed by atoms with Crippen LogP contribution in [-0.2, 0) is 0 Å². The summed E-state index contributed by atoms with van der Waals surface area (Å²) in [6.07, 6.45) is 4.55. The number of hydrogen-bond donors (Lipinski definition) is 1. The smallest absolute Gasteiger partial charge is 0.0695 e. The van der Waals surface area contributed by atoms with Crippen molar-refractivity contribution in [3.05, 3.63) is 0 Å². The molecule has 1 saturated carbocycles. The van der Waals surface area contributed by atoms with Crippen LogP contribution in [0.3, 0.4) is 0 Å². The van der Waals surface area contributed by atoms with E-state index in [1.807, 2.05) is 0 Å². The van der Waals surface area contributed by atoms with Crippen molar-refractivity contribution in [2.45, 2.75) is 57.7 Å². The first-order chi connectivity index (χ1) is 8.49. The quantitative estimate of drug-likeness (QED) is 0.832.